The number of nitrogens with zero attached hydrogens (tertiary/aromatic N) is 5. The standard InChI is InChI=1S/C26H25N7O6S/c1-39-24(36)26(27,40(37,38)20-5-3-2-4-6-20)16-29-23(35)17-7-8-21-18(13-17)15-30-33(21)11-9-19-14-22(34)32-12-10-28-25(32)31-19/h2-8,10,13-15H,9,11-12,16,27H2,1H3,(H,29,35)/t26-/m0/s1. The Hall–Kier alpha value is -4.69. The lowest BCUT2D eigenvalue weighted by Crippen LogP contribution is -2.61. The zero-order valence-electron chi connectivity index (χ0n) is 21.4. The number of carbonyl (C=O) groups excluding carboxylic acids is 2. The topological polar surface area (TPSA) is 181 Å². The summed E-state index contributed by atoms with van der Waals surface area (Å²) in [6.45, 7) is 0.130. The third-order valence-electron chi connectivity index (χ3n) is 6.57. The molecule has 0 radical (unpaired) electrons. The Morgan fingerprint density at radius 2 is 1.93 bits per heavy atom. The zero-order valence-corrected chi connectivity index (χ0v) is 22.2. The Bertz CT molecular complexity index is 1810. The van der Waals surface area contributed by atoms with Gasteiger partial charge >= 0.3 is 5.97 Å². The second-order valence-corrected chi connectivity index (χ2v) is 11.3. The third kappa shape index (κ3) is 4.78. The van der Waals surface area contributed by atoms with Crippen molar-refractivity contribution in [2.24, 2.45) is 10.7 Å². The monoisotopic (exact) mass is 563 g/mol. The fraction of sp³-hybridized carbons (Fsp3) is 0.231. The van der Waals surface area contributed by atoms with Crippen molar-refractivity contribution in [3.05, 3.63) is 82.4 Å². The first kappa shape index (κ1) is 26.9. The molecule has 1 atom stereocenters. The van der Waals surface area contributed by atoms with Gasteiger partial charge in [0.25, 0.3) is 11.5 Å². The lowest BCUT2D eigenvalue weighted by atomic mass is 10.1. The minimum Gasteiger partial charge on any atom is -0.467 e. The second kappa shape index (κ2) is 10.5. The summed E-state index contributed by atoms with van der Waals surface area (Å²) < 4.78 is 34.3. The average molecular weight is 564 g/mol. The number of hydrogen-bond donors (Lipinski definition) is 2. The van der Waals surface area contributed by atoms with E-state index < -0.39 is 33.1 Å². The van der Waals surface area contributed by atoms with E-state index in [1.54, 1.807) is 41.4 Å². The van der Waals surface area contributed by atoms with Gasteiger partial charge < -0.3 is 15.8 Å². The van der Waals surface area contributed by atoms with Gasteiger partial charge in [-0.2, -0.15) is 5.10 Å². The first-order valence-electron chi connectivity index (χ1n) is 12.2. The number of carbonyl (C=O) groups is 2. The molecule has 3 N–H and O–H groups in total. The molecule has 0 saturated heterocycles. The highest BCUT2D eigenvalue weighted by molar-refractivity contribution is 7.93. The molecule has 2 aromatic carbocycles. The molecular weight excluding hydrogens is 538 g/mol. The lowest BCUT2D eigenvalue weighted by molar-refractivity contribution is -0.143. The van der Waals surface area contributed by atoms with Gasteiger partial charge in [-0.1, -0.05) is 18.2 Å². The number of ether oxygens (including phenoxy) is 1. The summed E-state index contributed by atoms with van der Waals surface area (Å²) in [7, 11) is -3.40. The molecule has 1 aliphatic rings. The molecular formula is C26H25N7O6S. The summed E-state index contributed by atoms with van der Waals surface area (Å²) in [4.78, 5) is 43.5. The molecule has 5 rings (SSSR count). The number of aromatic nitrogens is 4. The van der Waals surface area contributed by atoms with Crippen molar-refractivity contribution < 1.29 is 22.7 Å². The summed E-state index contributed by atoms with van der Waals surface area (Å²) in [5.41, 5.74) is 7.46. The number of aryl methyl sites for hydroxylation is 2. The molecule has 2 aromatic heterocycles. The number of nitrogens with one attached hydrogen (secondary N) is 1. The Morgan fingerprint density at radius 3 is 2.67 bits per heavy atom. The van der Waals surface area contributed by atoms with Crippen molar-refractivity contribution in [1.82, 2.24) is 24.6 Å². The molecule has 3 heterocycles. The predicted molar refractivity (Wildman–Crippen MR) is 145 cm³/mol. The molecule has 0 fully saturated rings. The summed E-state index contributed by atoms with van der Waals surface area (Å²) in [5.74, 6) is -1.46. The van der Waals surface area contributed by atoms with Gasteiger partial charge in [0.05, 0.1) is 42.5 Å². The molecule has 0 bridgehead atoms. The van der Waals surface area contributed by atoms with Crippen molar-refractivity contribution in [1.29, 1.82) is 0 Å². The van der Waals surface area contributed by atoms with Crippen LogP contribution < -0.4 is 16.6 Å². The van der Waals surface area contributed by atoms with Crippen molar-refractivity contribution in [3.8, 4) is 0 Å². The minimum atomic E-state index is -4.42. The summed E-state index contributed by atoms with van der Waals surface area (Å²) in [6, 6.07) is 13.5. The molecule has 1 aliphatic heterocycles. The van der Waals surface area contributed by atoms with E-state index in [0.717, 1.165) is 12.6 Å². The SMILES string of the molecule is COC(=O)[C@](N)(CNC(=O)c1ccc2c(cnn2CCc2cc(=O)n3c(n2)N=CC3)c1)S(=O)(=O)c1ccccc1. The van der Waals surface area contributed by atoms with Crippen LogP contribution >= 0.6 is 0 Å². The largest absolute Gasteiger partial charge is 0.467 e. The van der Waals surface area contributed by atoms with E-state index in [2.05, 4.69) is 25.1 Å². The Balaban J connectivity index is 1.31. The van der Waals surface area contributed by atoms with E-state index in [-0.39, 0.29) is 16.0 Å². The Labute approximate surface area is 228 Å². The van der Waals surface area contributed by atoms with E-state index in [0.29, 0.717) is 36.5 Å². The smallest absolute Gasteiger partial charge is 0.344 e. The van der Waals surface area contributed by atoms with E-state index >= 15 is 0 Å². The van der Waals surface area contributed by atoms with Crippen LogP contribution in [0, 0.1) is 0 Å². The number of benzene rings is 2. The van der Waals surface area contributed by atoms with Gasteiger partial charge in [-0.15, -0.1) is 0 Å². The van der Waals surface area contributed by atoms with E-state index in [1.807, 2.05) is 0 Å². The molecule has 13 nitrogen and oxygen atoms in total. The number of methoxy groups -OCH3 is 1. The lowest BCUT2D eigenvalue weighted by Gasteiger charge is -2.26. The Morgan fingerprint density at radius 1 is 1.15 bits per heavy atom. The molecule has 0 unspecified atom stereocenters. The molecule has 0 saturated carbocycles. The summed E-state index contributed by atoms with van der Waals surface area (Å²) >= 11 is 0. The number of aliphatic imine (C=N–C) groups is 1. The number of nitrogens with two attached hydrogens (primary N) is 1. The average Bonchev–Trinajstić information content (AvgIpc) is 3.61. The number of esters is 1. The van der Waals surface area contributed by atoms with Crippen LogP contribution in [-0.4, -0.2) is 64.4 Å². The number of rotatable bonds is 9. The number of sulfone groups is 1. The predicted octanol–water partition coefficient (Wildman–Crippen LogP) is 0.583. The minimum absolute atomic E-state index is 0.163. The van der Waals surface area contributed by atoms with Gasteiger partial charge in [0.2, 0.25) is 20.7 Å². The highest BCUT2D eigenvalue weighted by atomic mass is 32.2. The van der Waals surface area contributed by atoms with E-state index in [4.69, 9.17) is 5.73 Å². The van der Waals surface area contributed by atoms with Gasteiger partial charge in [0.15, 0.2) is 0 Å². The maximum absolute atomic E-state index is 13.2. The first-order chi connectivity index (χ1) is 19.1. The van der Waals surface area contributed by atoms with Crippen molar-refractivity contribution >= 4 is 44.8 Å². The van der Waals surface area contributed by atoms with Gasteiger partial charge in [-0.05, 0) is 30.3 Å². The summed E-state index contributed by atoms with van der Waals surface area (Å²) in [5, 5.41) is 7.48. The Kier molecular flexibility index (Phi) is 7.04. The molecule has 4 aromatic rings. The maximum Gasteiger partial charge on any atom is 0.344 e. The van der Waals surface area contributed by atoms with Gasteiger partial charge in [-0.3, -0.25) is 18.8 Å². The van der Waals surface area contributed by atoms with Gasteiger partial charge in [-0.25, -0.2) is 23.2 Å². The van der Waals surface area contributed by atoms with Crippen molar-refractivity contribution in [3.63, 3.8) is 0 Å². The van der Waals surface area contributed by atoms with Crippen LogP contribution in [0.15, 0.2) is 75.5 Å². The highest BCUT2D eigenvalue weighted by Gasteiger charge is 2.49. The molecule has 206 valence electrons. The van der Waals surface area contributed by atoms with Crippen LogP contribution in [0.4, 0.5) is 5.95 Å². The van der Waals surface area contributed by atoms with Crippen LogP contribution in [0.1, 0.15) is 16.1 Å². The molecule has 1 amide bonds. The zero-order chi connectivity index (χ0) is 28.5. The fourth-order valence-electron chi connectivity index (χ4n) is 4.34. The molecule has 0 aliphatic carbocycles. The first-order valence-corrected chi connectivity index (χ1v) is 13.7. The maximum atomic E-state index is 13.2. The number of amides is 1. The molecule has 40 heavy (non-hydrogen) atoms. The van der Waals surface area contributed by atoms with Crippen molar-refractivity contribution in [2.45, 2.75) is 29.3 Å². The fourth-order valence-corrected chi connectivity index (χ4v) is 5.84. The highest BCUT2D eigenvalue weighted by Crippen LogP contribution is 2.23. The van der Waals surface area contributed by atoms with Crippen LogP contribution in [0.2, 0.25) is 0 Å². The normalized spacial score (nSPS) is 14.1. The van der Waals surface area contributed by atoms with E-state index in [1.165, 1.54) is 34.9 Å². The quantitative estimate of drug-likeness (QED) is 0.275. The van der Waals surface area contributed by atoms with Crippen LogP contribution in [0.5, 0.6) is 0 Å². The van der Waals surface area contributed by atoms with Gasteiger partial charge in [0.1, 0.15) is 0 Å². The van der Waals surface area contributed by atoms with Crippen LogP contribution in [0.25, 0.3) is 10.9 Å². The van der Waals surface area contributed by atoms with Crippen molar-refractivity contribution in [2.75, 3.05) is 13.7 Å². The number of fused-ring (bicyclic) bond motifs is 2. The van der Waals surface area contributed by atoms with Crippen LogP contribution in [-0.2, 0) is 38.9 Å². The number of hydrogen-bond acceptors (Lipinski definition) is 10. The molecule has 14 heteroatoms. The van der Waals surface area contributed by atoms with Crippen LogP contribution in [0.3, 0.4) is 0 Å². The molecule has 0 spiro atoms. The summed E-state index contributed by atoms with van der Waals surface area (Å²) in [6.07, 6.45) is 3.66. The van der Waals surface area contributed by atoms with Gasteiger partial charge in [0, 0.05) is 36.2 Å². The second-order valence-electron chi connectivity index (χ2n) is 9.08. The third-order valence-corrected chi connectivity index (χ3v) is 8.73. The van der Waals surface area contributed by atoms with E-state index in [9.17, 15) is 22.8 Å².